The first-order valence-electron chi connectivity index (χ1n) is 8.56. The van der Waals surface area contributed by atoms with Crippen LogP contribution in [0.25, 0.3) is 0 Å². The fraction of sp³-hybridized carbons (Fsp3) is 0.368. The summed E-state index contributed by atoms with van der Waals surface area (Å²) in [7, 11) is 0. The lowest BCUT2D eigenvalue weighted by Crippen LogP contribution is -2.48. The average molecular weight is 359 g/mol. The molecule has 0 radical (unpaired) electrons. The molecule has 0 atom stereocenters. The van der Waals surface area contributed by atoms with E-state index >= 15 is 0 Å². The number of nitrogens with one attached hydrogen (secondary N) is 1. The van der Waals surface area contributed by atoms with Crippen molar-refractivity contribution in [1.29, 1.82) is 0 Å². The Kier molecular flexibility index (Phi) is 5.56. The lowest BCUT2D eigenvalue weighted by Gasteiger charge is -2.34. The van der Waals surface area contributed by atoms with Crippen LogP contribution in [0.5, 0.6) is 0 Å². The van der Waals surface area contributed by atoms with Gasteiger partial charge < -0.3 is 15.1 Å². The smallest absolute Gasteiger partial charge is 0.255 e. The molecule has 1 aromatic heterocycles. The number of aromatic nitrogens is 1. The second-order valence-corrected chi connectivity index (χ2v) is 6.71. The van der Waals surface area contributed by atoms with Crippen LogP contribution in [0.3, 0.4) is 0 Å². The molecule has 1 fully saturated rings. The lowest BCUT2D eigenvalue weighted by atomic mass is 10.1. The van der Waals surface area contributed by atoms with Crippen molar-refractivity contribution in [2.24, 2.45) is 0 Å². The minimum atomic E-state index is 0.0414. The van der Waals surface area contributed by atoms with Crippen LogP contribution in [0.15, 0.2) is 36.7 Å². The Balaban J connectivity index is 1.72. The SMILES string of the molecule is CCN1CCN(C(=O)c2cncc(Nc3ccc(Cl)cc3C)c2)CC1. The Labute approximate surface area is 153 Å². The largest absolute Gasteiger partial charge is 0.354 e. The summed E-state index contributed by atoms with van der Waals surface area (Å²) in [5, 5.41) is 4.02. The molecule has 0 bridgehead atoms. The Hall–Kier alpha value is -2.11. The zero-order valence-electron chi connectivity index (χ0n) is 14.6. The number of piperazine rings is 1. The Morgan fingerprint density at radius 3 is 2.64 bits per heavy atom. The molecule has 2 aromatic rings. The molecule has 3 rings (SSSR count). The van der Waals surface area contributed by atoms with Gasteiger partial charge in [-0.05, 0) is 43.3 Å². The number of amides is 1. The predicted molar refractivity (Wildman–Crippen MR) is 102 cm³/mol. The number of benzene rings is 1. The summed E-state index contributed by atoms with van der Waals surface area (Å²) in [4.78, 5) is 21.2. The fourth-order valence-corrected chi connectivity index (χ4v) is 3.22. The molecule has 1 amide bonds. The van der Waals surface area contributed by atoms with Gasteiger partial charge in [-0.2, -0.15) is 0 Å². The Morgan fingerprint density at radius 2 is 1.96 bits per heavy atom. The van der Waals surface area contributed by atoms with Crippen molar-refractivity contribution in [2.75, 3.05) is 38.0 Å². The number of hydrogen-bond acceptors (Lipinski definition) is 4. The first-order valence-corrected chi connectivity index (χ1v) is 8.94. The van der Waals surface area contributed by atoms with E-state index in [0.717, 1.165) is 49.7 Å². The second-order valence-electron chi connectivity index (χ2n) is 6.27. The van der Waals surface area contributed by atoms with E-state index in [9.17, 15) is 4.79 Å². The molecule has 1 aliphatic heterocycles. The molecule has 1 saturated heterocycles. The van der Waals surface area contributed by atoms with E-state index < -0.39 is 0 Å². The molecule has 6 heteroatoms. The van der Waals surface area contributed by atoms with Crippen molar-refractivity contribution in [3.8, 4) is 0 Å². The molecule has 1 N–H and O–H groups in total. The third kappa shape index (κ3) is 4.30. The number of rotatable bonds is 4. The van der Waals surface area contributed by atoms with Crippen LogP contribution in [0.1, 0.15) is 22.8 Å². The molecule has 0 unspecified atom stereocenters. The Bertz CT molecular complexity index is 757. The van der Waals surface area contributed by atoms with Crippen LogP contribution in [0.2, 0.25) is 5.02 Å². The van der Waals surface area contributed by atoms with Gasteiger partial charge in [0.1, 0.15) is 0 Å². The highest BCUT2D eigenvalue weighted by atomic mass is 35.5. The first kappa shape index (κ1) is 17.7. The zero-order chi connectivity index (χ0) is 17.8. The third-order valence-electron chi connectivity index (χ3n) is 4.56. The van der Waals surface area contributed by atoms with Gasteiger partial charge in [0.15, 0.2) is 0 Å². The maximum absolute atomic E-state index is 12.7. The molecule has 0 aliphatic carbocycles. The summed E-state index contributed by atoms with van der Waals surface area (Å²) in [6.07, 6.45) is 3.36. The van der Waals surface area contributed by atoms with Gasteiger partial charge in [0.05, 0.1) is 17.4 Å². The van der Waals surface area contributed by atoms with E-state index in [1.807, 2.05) is 36.1 Å². The average Bonchev–Trinajstić information content (AvgIpc) is 2.64. The van der Waals surface area contributed by atoms with Crippen molar-refractivity contribution < 1.29 is 4.79 Å². The third-order valence-corrected chi connectivity index (χ3v) is 4.79. The number of pyridine rings is 1. The number of aryl methyl sites for hydroxylation is 1. The molecule has 0 saturated carbocycles. The summed E-state index contributed by atoms with van der Waals surface area (Å²) in [6.45, 7) is 8.55. The van der Waals surface area contributed by atoms with Crippen LogP contribution >= 0.6 is 11.6 Å². The molecule has 1 aliphatic rings. The molecular formula is C19H23ClN4O. The number of anilines is 2. The van der Waals surface area contributed by atoms with Gasteiger partial charge in [-0.1, -0.05) is 18.5 Å². The van der Waals surface area contributed by atoms with Crippen LogP contribution in [0, 0.1) is 6.92 Å². The molecular weight excluding hydrogens is 336 g/mol. The summed E-state index contributed by atoms with van der Waals surface area (Å²) in [6, 6.07) is 7.53. The summed E-state index contributed by atoms with van der Waals surface area (Å²) in [5.74, 6) is 0.0414. The Morgan fingerprint density at radius 1 is 1.20 bits per heavy atom. The van der Waals surface area contributed by atoms with Gasteiger partial charge in [-0.15, -0.1) is 0 Å². The van der Waals surface area contributed by atoms with Gasteiger partial charge >= 0.3 is 0 Å². The van der Waals surface area contributed by atoms with Crippen LogP contribution in [0.4, 0.5) is 11.4 Å². The van der Waals surface area contributed by atoms with Gasteiger partial charge in [0.2, 0.25) is 0 Å². The van der Waals surface area contributed by atoms with Crippen molar-refractivity contribution in [2.45, 2.75) is 13.8 Å². The molecule has 0 spiro atoms. The van der Waals surface area contributed by atoms with E-state index in [-0.39, 0.29) is 5.91 Å². The molecule has 2 heterocycles. The van der Waals surface area contributed by atoms with Crippen molar-refractivity contribution >= 4 is 28.9 Å². The van der Waals surface area contributed by atoms with Gasteiger partial charge in [-0.3, -0.25) is 9.78 Å². The summed E-state index contributed by atoms with van der Waals surface area (Å²) in [5.41, 5.74) is 3.40. The standard InChI is InChI=1S/C19H23ClN4O/c1-3-23-6-8-24(9-7-23)19(25)15-11-17(13-21-12-15)22-18-5-4-16(20)10-14(18)2/h4-5,10-13,22H,3,6-9H2,1-2H3. The maximum atomic E-state index is 12.7. The number of likely N-dealkylation sites (N-methyl/N-ethyl adjacent to an activating group) is 1. The van der Waals surface area contributed by atoms with E-state index in [2.05, 4.69) is 22.1 Å². The highest BCUT2D eigenvalue weighted by Crippen LogP contribution is 2.24. The number of nitrogens with zero attached hydrogens (tertiary/aromatic N) is 3. The van der Waals surface area contributed by atoms with Crippen LogP contribution < -0.4 is 5.32 Å². The van der Waals surface area contributed by atoms with E-state index in [1.165, 1.54) is 0 Å². The summed E-state index contributed by atoms with van der Waals surface area (Å²) >= 11 is 6.00. The lowest BCUT2D eigenvalue weighted by molar-refractivity contribution is 0.0643. The molecule has 1 aromatic carbocycles. The van der Waals surface area contributed by atoms with E-state index in [1.54, 1.807) is 12.4 Å². The number of halogens is 1. The molecule has 132 valence electrons. The van der Waals surface area contributed by atoms with Gasteiger partial charge in [0.25, 0.3) is 5.91 Å². The number of hydrogen-bond donors (Lipinski definition) is 1. The van der Waals surface area contributed by atoms with Crippen molar-refractivity contribution in [3.63, 3.8) is 0 Å². The molecule has 5 nitrogen and oxygen atoms in total. The van der Waals surface area contributed by atoms with E-state index in [0.29, 0.717) is 10.6 Å². The first-order chi connectivity index (χ1) is 12.1. The molecule has 25 heavy (non-hydrogen) atoms. The van der Waals surface area contributed by atoms with Crippen molar-refractivity contribution in [1.82, 2.24) is 14.8 Å². The minimum Gasteiger partial charge on any atom is -0.354 e. The number of carbonyl (C=O) groups is 1. The quantitative estimate of drug-likeness (QED) is 0.907. The van der Waals surface area contributed by atoms with E-state index in [4.69, 9.17) is 11.6 Å². The van der Waals surface area contributed by atoms with Gasteiger partial charge in [-0.25, -0.2) is 0 Å². The van der Waals surface area contributed by atoms with Crippen molar-refractivity contribution in [3.05, 3.63) is 52.8 Å². The fourth-order valence-electron chi connectivity index (χ4n) is 3.00. The number of carbonyl (C=O) groups excluding carboxylic acids is 1. The predicted octanol–water partition coefficient (Wildman–Crippen LogP) is 3.56. The van der Waals surface area contributed by atoms with Gasteiger partial charge in [0, 0.05) is 43.1 Å². The second kappa shape index (κ2) is 7.85. The maximum Gasteiger partial charge on any atom is 0.255 e. The normalized spacial score (nSPS) is 15.2. The monoisotopic (exact) mass is 358 g/mol. The highest BCUT2D eigenvalue weighted by molar-refractivity contribution is 6.30. The zero-order valence-corrected chi connectivity index (χ0v) is 15.4. The van der Waals surface area contributed by atoms with Crippen LogP contribution in [-0.2, 0) is 0 Å². The highest BCUT2D eigenvalue weighted by Gasteiger charge is 2.21. The summed E-state index contributed by atoms with van der Waals surface area (Å²) < 4.78 is 0. The van der Waals surface area contributed by atoms with Crippen LogP contribution in [-0.4, -0.2) is 53.4 Å². The minimum absolute atomic E-state index is 0.0414. The topological polar surface area (TPSA) is 48.5 Å².